The van der Waals surface area contributed by atoms with Gasteiger partial charge in [-0.3, -0.25) is 0 Å². The van der Waals surface area contributed by atoms with Crippen LogP contribution in [0.1, 0.15) is 57.3 Å². The second-order valence-electron chi connectivity index (χ2n) is 7.39. The first kappa shape index (κ1) is 17.1. The van der Waals surface area contributed by atoms with E-state index in [4.69, 9.17) is 4.74 Å². The standard InChI is InChI=1S/C21H30N2O/c1-14(2)6-5-7-15(3)12-20-21-17(10-11-22-20)18-13-16(24-4)8-9-19(18)23-21/h6,8-9,13,15,20,22-23H,5,7,10-12H2,1-4H3/t15-,20+/m1/s1. The van der Waals surface area contributed by atoms with E-state index in [1.54, 1.807) is 7.11 Å². The average molecular weight is 326 g/mol. The maximum absolute atomic E-state index is 5.40. The first-order valence-corrected chi connectivity index (χ1v) is 9.13. The third-order valence-corrected chi connectivity index (χ3v) is 5.11. The topological polar surface area (TPSA) is 37.0 Å². The quantitative estimate of drug-likeness (QED) is 0.722. The number of allylic oxidation sites excluding steroid dienone is 2. The van der Waals surface area contributed by atoms with E-state index >= 15 is 0 Å². The number of hydrogen-bond donors (Lipinski definition) is 2. The fraction of sp³-hybridized carbons (Fsp3) is 0.524. The third-order valence-electron chi connectivity index (χ3n) is 5.11. The Kier molecular flexibility index (Phi) is 5.30. The molecule has 1 aliphatic heterocycles. The van der Waals surface area contributed by atoms with Gasteiger partial charge in [0.25, 0.3) is 0 Å². The van der Waals surface area contributed by atoms with Gasteiger partial charge < -0.3 is 15.0 Å². The highest BCUT2D eigenvalue weighted by molar-refractivity contribution is 5.86. The van der Waals surface area contributed by atoms with Crippen LogP contribution in [0.4, 0.5) is 0 Å². The van der Waals surface area contributed by atoms with Crippen LogP contribution >= 0.6 is 0 Å². The molecule has 3 nitrogen and oxygen atoms in total. The summed E-state index contributed by atoms with van der Waals surface area (Å²) in [5.74, 6) is 1.65. The fourth-order valence-corrected chi connectivity index (χ4v) is 3.79. The lowest BCUT2D eigenvalue weighted by Gasteiger charge is -2.27. The second kappa shape index (κ2) is 7.43. The number of benzene rings is 1. The van der Waals surface area contributed by atoms with Crippen molar-refractivity contribution in [2.24, 2.45) is 5.92 Å². The Bertz CT molecular complexity index is 725. The van der Waals surface area contributed by atoms with Crippen molar-refractivity contribution in [3.8, 4) is 5.75 Å². The molecule has 2 heterocycles. The summed E-state index contributed by atoms with van der Waals surface area (Å²) in [6.07, 6.45) is 7.07. The van der Waals surface area contributed by atoms with Crippen LogP contribution in [0.15, 0.2) is 29.8 Å². The molecule has 0 spiro atoms. The molecule has 0 saturated carbocycles. The first-order valence-electron chi connectivity index (χ1n) is 9.13. The summed E-state index contributed by atoms with van der Waals surface area (Å²) in [5, 5.41) is 5.04. The van der Waals surface area contributed by atoms with Crippen LogP contribution in [0.2, 0.25) is 0 Å². The number of methoxy groups -OCH3 is 1. The number of fused-ring (bicyclic) bond motifs is 3. The lowest BCUT2D eigenvalue weighted by molar-refractivity contribution is 0.378. The van der Waals surface area contributed by atoms with Crippen molar-refractivity contribution in [1.29, 1.82) is 0 Å². The van der Waals surface area contributed by atoms with Crippen LogP contribution in [0.5, 0.6) is 5.75 Å². The summed E-state index contributed by atoms with van der Waals surface area (Å²) in [7, 11) is 1.73. The van der Waals surface area contributed by atoms with Gasteiger partial charge in [0.05, 0.1) is 7.11 Å². The monoisotopic (exact) mass is 326 g/mol. The van der Waals surface area contributed by atoms with Crippen molar-refractivity contribution in [2.45, 2.75) is 52.5 Å². The van der Waals surface area contributed by atoms with Gasteiger partial charge >= 0.3 is 0 Å². The molecule has 0 aliphatic carbocycles. The first-order chi connectivity index (χ1) is 11.6. The molecule has 0 unspecified atom stereocenters. The lowest BCUT2D eigenvalue weighted by Crippen LogP contribution is -2.30. The lowest BCUT2D eigenvalue weighted by atomic mass is 9.90. The van der Waals surface area contributed by atoms with Crippen LogP contribution in [0.25, 0.3) is 10.9 Å². The number of H-pyrrole nitrogens is 1. The van der Waals surface area contributed by atoms with Crippen molar-refractivity contribution in [2.75, 3.05) is 13.7 Å². The zero-order chi connectivity index (χ0) is 17.1. The van der Waals surface area contributed by atoms with Gasteiger partial charge in [-0.2, -0.15) is 0 Å². The molecule has 130 valence electrons. The number of aromatic amines is 1. The Labute approximate surface area is 145 Å². The van der Waals surface area contributed by atoms with Crippen molar-refractivity contribution >= 4 is 10.9 Å². The zero-order valence-corrected chi connectivity index (χ0v) is 15.4. The van der Waals surface area contributed by atoms with Crippen LogP contribution in [0, 0.1) is 5.92 Å². The Morgan fingerprint density at radius 2 is 2.21 bits per heavy atom. The molecular formula is C21H30N2O. The van der Waals surface area contributed by atoms with Crippen molar-refractivity contribution < 1.29 is 4.74 Å². The molecule has 1 aliphatic rings. The van der Waals surface area contributed by atoms with Gasteiger partial charge in [0.15, 0.2) is 0 Å². The summed E-state index contributed by atoms with van der Waals surface area (Å²) in [4.78, 5) is 3.67. The Hall–Kier alpha value is -1.74. The molecular weight excluding hydrogens is 296 g/mol. The number of aromatic nitrogens is 1. The van der Waals surface area contributed by atoms with E-state index in [9.17, 15) is 0 Å². The van der Waals surface area contributed by atoms with Crippen molar-refractivity contribution in [3.05, 3.63) is 41.1 Å². The molecule has 3 heteroatoms. The predicted molar refractivity (Wildman–Crippen MR) is 102 cm³/mol. The molecule has 0 amide bonds. The number of nitrogens with one attached hydrogen (secondary N) is 2. The maximum Gasteiger partial charge on any atom is 0.119 e. The van der Waals surface area contributed by atoms with Gasteiger partial charge in [0.2, 0.25) is 0 Å². The van der Waals surface area contributed by atoms with E-state index < -0.39 is 0 Å². The Morgan fingerprint density at radius 1 is 1.38 bits per heavy atom. The van der Waals surface area contributed by atoms with Crippen molar-refractivity contribution in [1.82, 2.24) is 10.3 Å². The number of rotatable bonds is 6. The molecule has 24 heavy (non-hydrogen) atoms. The minimum atomic E-state index is 0.439. The molecule has 1 aromatic carbocycles. The SMILES string of the molecule is COc1ccc2[nH]c3c(c2c1)CCN[C@H]3C[C@H](C)CCC=C(C)C. The minimum Gasteiger partial charge on any atom is -0.497 e. The third kappa shape index (κ3) is 3.67. The highest BCUT2D eigenvalue weighted by Crippen LogP contribution is 2.35. The van der Waals surface area contributed by atoms with Crippen molar-refractivity contribution in [3.63, 3.8) is 0 Å². The molecule has 0 saturated heterocycles. The van der Waals surface area contributed by atoms with Gasteiger partial charge in [0.1, 0.15) is 5.75 Å². The van der Waals surface area contributed by atoms with Gasteiger partial charge in [-0.05, 0) is 75.8 Å². The van der Waals surface area contributed by atoms with Crippen LogP contribution < -0.4 is 10.1 Å². The maximum atomic E-state index is 5.40. The average Bonchev–Trinajstić information content (AvgIpc) is 2.93. The molecule has 2 atom stereocenters. The molecule has 2 aromatic rings. The van der Waals surface area contributed by atoms with E-state index in [0.717, 1.165) is 18.7 Å². The van der Waals surface area contributed by atoms with Gasteiger partial charge in [0, 0.05) is 22.6 Å². The van der Waals surface area contributed by atoms with Crippen LogP contribution in [0.3, 0.4) is 0 Å². The van der Waals surface area contributed by atoms with Crippen LogP contribution in [-0.4, -0.2) is 18.6 Å². The molecule has 3 rings (SSSR count). The Balaban J connectivity index is 1.77. The number of ether oxygens (including phenoxy) is 1. The zero-order valence-electron chi connectivity index (χ0n) is 15.4. The van der Waals surface area contributed by atoms with E-state index in [0.29, 0.717) is 12.0 Å². The molecule has 0 radical (unpaired) electrons. The van der Waals surface area contributed by atoms with Gasteiger partial charge in [-0.15, -0.1) is 0 Å². The summed E-state index contributed by atoms with van der Waals surface area (Å²) in [5.41, 5.74) is 5.51. The number of hydrogen-bond acceptors (Lipinski definition) is 2. The largest absolute Gasteiger partial charge is 0.497 e. The van der Waals surface area contributed by atoms with E-state index in [-0.39, 0.29) is 0 Å². The summed E-state index contributed by atoms with van der Waals surface area (Å²) in [6, 6.07) is 6.79. The molecule has 1 aromatic heterocycles. The smallest absolute Gasteiger partial charge is 0.119 e. The second-order valence-corrected chi connectivity index (χ2v) is 7.39. The van der Waals surface area contributed by atoms with Gasteiger partial charge in [-0.1, -0.05) is 18.6 Å². The van der Waals surface area contributed by atoms with E-state index in [1.165, 1.54) is 47.0 Å². The normalized spacial score (nSPS) is 18.2. The van der Waals surface area contributed by atoms with E-state index in [1.807, 2.05) is 6.07 Å². The minimum absolute atomic E-state index is 0.439. The summed E-state index contributed by atoms with van der Waals surface area (Å²) < 4.78 is 5.40. The summed E-state index contributed by atoms with van der Waals surface area (Å²) >= 11 is 0. The van der Waals surface area contributed by atoms with Gasteiger partial charge in [-0.25, -0.2) is 0 Å². The fourth-order valence-electron chi connectivity index (χ4n) is 3.79. The Morgan fingerprint density at radius 3 is 2.96 bits per heavy atom. The molecule has 0 fully saturated rings. The van der Waals surface area contributed by atoms with Crippen LogP contribution in [-0.2, 0) is 6.42 Å². The highest BCUT2D eigenvalue weighted by atomic mass is 16.5. The summed E-state index contributed by atoms with van der Waals surface area (Å²) in [6.45, 7) is 7.79. The molecule has 0 bridgehead atoms. The predicted octanol–water partition coefficient (Wildman–Crippen LogP) is 5.14. The highest BCUT2D eigenvalue weighted by Gasteiger charge is 2.25. The molecule has 2 N–H and O–H groups in total. The van der Waals surface area contributed by atoms with E-state index in [2.05, 4.69) is 49.3 Å².